The molecule has 1 N–H and O–H groups in total. The van der Waals surface area contributed by atoms with Gasteiger partial charge in [-0.3, -0.25) is 4.79 Å². The van der Waals surface area contributed by atoms with Gasteiger partial charge in [0, 0.05) is 19.0 Å². The van der Waals surface area contributed by atoms with Gasteiger partial charge in [0.25, 0.3) is 0 Å². The average Bonchev–Trinajstić information content (AvgIpc) is 3.16. The van der Waals surface area contributed by atoms with Crippen LogP contribution in [-0.4, -0.2) is 41.4 Å². The minimum Gasteiger partial charge on any atom is -0.480 e. The predicted molar refractivity (Wildman–Crippen MR) is 81.2 cm³/mol. The van der Waals surface area contributed by atoms with E-state index in [0.717, 1.165) is 9.87 Å². The van der Waals surface area contributed by atoms with E-state index in [-0.39, 0.29) is 11.4 Å². The molecule has 7 nitrogen and oxygen atoms in total. The fourth-order valence-electron chi connectivity index (χ4n) is 2.70. The van der Waals surface area contributed by atoms with E-state index in [4.69, 9.17) is 9.52 Å². The lowest BCUT2D eigenvalue weighted by Crippen LogP contribution is -2.40. The highest BCUT2D eigenvalue weighted by atomic mass is 32.2. The predicted octanol–water partition coefficient (Wildman–Crippen LogP) is 1.89. The molecule has 0 aliphatic carbocycles. The number of nitrogens with zero attached hydrogens (tertiary/aromatic N) is 2. The summed E-state index contributed by atoms with van der Waals surface area (Å²) in [4.78, 5) is 15.5. The van der Waals surface area contributed by atoms with Crippen LogP contribution in [0.15, 0.2) is 39.8 Å². The van der Waals surface area contributed by atoms with Crippen molar-refractivity contribution in [3.8, 4) is 11.3 Å². The van der Waals surface area contributed by atoms with Gasteiger partial charge in [-0.1, -0.05) is 12.1 Å². The Kier molecular flexibility index (Phi) is 3.95. The Labute approximate surface area is 133 Å². The van der Waals surface area contributed by atoms with Crippen molar-refractivity contribution in [2.24, 2.45) is 0 Å². The number of aliphatic carboxylic acids is 1. The number of carboxylic acids is 1. The fraction of sp³-hybridized carbons (Fsp3) is 0.333. The fourth-order valence-corrected chi connectivity index (χ4v) is 4.35. The highest BCUT2D eigenvalue weighted by Crippen LogP contribution is 2.28. The lowest BCUT2D eigenvalue weighted by Gasteiger charge is -2.21. The summed E-state index contributed by atoms with van der Waals surface area (Å²) in [5.41, 5.74) is 1.35. The van der Waals surface area contributed by atoms with Crippen LogP contribution in [0, 0.1) is 6.92 Å². The Hall–Kier alpha value is -2.19. The molecule has 1 aromatic carbocycles. The van der Waals surface area contributed by atoms with Gasteiger partial charge in [-0.25, -0.2) is 13.4 Å². The Bertz CT molecular complexity index is 826. The maximum Gasteiger partial charge on any atom is 0.322 e. The van der Waals surface area contributed by atoms with Gasteiger partial charge in [0.05, 0.1) is 4.90 Å². The van der Waals surface area contributed by atoms with Crippen LogP contribution in [0.2, 0.25) is 0 Å². The minimum absolute atomic E-state index is 0.0783. The number of hydrogen-bond acceptors (Lipinski definition) is 5. The summed E-state index contributed by atoms with van der Waals surface area (Å²) < 4.78 is 31.5. The molecular formula is C15H16N2O5S. The smallest absolute Gasteiger partial charge is 0.322 e. The molecule has 0 saturated carbocycles. The molecule has 122 valence electrons. The number of rotatable bonds is 4. The van der Waals surface area contributed by atoms with Crippen LogP contribution >= 0.6 is 0 Å². The molecule has 2 aromatic rings. The Balaban J connectivity index is 1.90. The van der Waals surface area contributed by atoms with Crippen molar-refractivity contribution in [1.29, 1.82) is 0 Å². The molecule has 1 fully saturated rings. The second-order valence-electron chi connectivity index (χ2n) is 5.39. The van der Waals surface area contributed by atoms with E-state index < -0.39 is 22.0 Å². The third-order valence-electron chi connectivity index (χ3n) is 3.86. The first-order chi connectivity index (χ1) is 10.9. The number of oxazole rings is 1. The number of benzene rings is 1. The quantitative estimate of drug-likeness (QED) is 0.915. The third kappa shape index (κ3) is 2.87. The highest BCUT2D eigenvalue weighted by molar-refractivity contribution is 7.89. The third-order valence-corrected chi connectivity index (χ3v) is 5.79. The number of carboxylic acid groups (broad SMARTS) is 1. The molecule has 23 heavy (non-hydrogen) atoms. The van der Waals surface area contributed by atoms with Crippen LogP contribution in [0.1, 0.15) is 18.7 Å². The van der Waals surface area contributed by atoms with E-state index in [9.17, 15) is 13.2 Å². The van der Waals surface area contributed by atoms with Crippen molar-refractivity contribution in [3.63, 3.8) is 0 Å². The molecular weight excluding hydrogens is 320 g/mol. The molecule has 0 radical (unpaired) electrons. The molecule has 1 aliphatic heterocycles. The average molecular weight is 336 g/mol. The van der Waals surface area contributed by atoms with Gasteiger partial charge in [0.15, 0.2) is 5.89 Å². The summed E-state index contributed by atoms with van der Waals surface area (Å²) in [5.74, 6) is -0.584. The zero-order valence-corrected chi connectivity index (χ0v) is 13.3. The SMILES string of the molecule is Cc1nc(-c2ccc(S(=O)(=O)N3CCCC3C(=O)O)cc2)co1. The Morgan fingerprint density at radius 3 is 2.61 bits per heavy atom. The molecule has 0 amide bonds. The van der Waals surface area contributed by atoms with Crippen LogP contribution in [0.3, 0.4) is 0 Å². The summed E-state index contributed by atoms with van der Waals surface area (Å²) in [6.07, 6.45) is 2.39. The second kappa shape index (κ2) is 5.78. The zero-order chi connectivity index (χ0) is 16.6. The Morgan fingerprint density at radius 2 is 2.04 bits per heavy atom. The monoisotopic (exact) mass is 336 g/mol. The van der Waals surface area contributed by atoms with Gasteiger partial charge < -0.3 is 9.52 Å². The van der Waals surface area contributed by atoms with Gasteiger partial charge in [0.1, 0.15) is 18.0 Å². The van der Waals surface area contributed by atoms with Gasteiger partial charge in [-0.2, -0.15) is 4.31 Å². The first-order valence-electron chi connectivity index (χ1n) is 7.17. The number of aryl methyl sites for hydroxylation is 1. The van der Waals surface area contributed by atoms with E-state index in [1.54, 1.807) is 19.1 Å². The lowest BCUT2D eigenvalue weighted by atomic mass is 10.2. The number of carbonyl (C=O) groups is 1. The molecule has 1 saturated heterocycles. The summed E-state index contributed by atoms with van der Waals surface area (Å²) in [6.45, 7) is 1.95. The molecule has 0 spiro atoms. The maximum absolute atomic E-state index is 12.6. The molecule has 3 rings (SSSR count). The molecule has 0 bridgehead atoms. The lowest BCUT2D eigenvalue weighted by molar-refractivity contribution is -0.140. The van der Waals surface area contributed by atoms with Crippen LogP contribution in [-0.2, 0) is 14.8 Å². The number of sulfonamides is 1. The van der Waals surface area contributed by atoms with Gasteiger partial charge in [0.2, 0.25) is 10.0 Å². The molecule has 8 heteroatoms. The van der Waals surface area contributed by atoms with Crippen molar-refractivity contribution in [2.45, 2.75) is 30.7 Å². The summed E-state index contributed by atoms with van der Waals surface area (Å²) in [7, 11) is -3.82. The minimum atomic E-state index is -3.82. The molecule has 1 atom stereocenters. The van der Waals surface area contributed by atoms with E-state index in [0.29, 0.717) is 24.4 Å². The van der Waals surface area contributed by atoms with Gasteiger partial charge in [-0.05, 0) is 25.0 Å². The molecule has 1 aliphatic rings. The molecule has 1 aromatic heterocycles. The van der Waals surface area contributed by atoms with Crippen molar-refractivity contribution in [2.75, 3.05) is 6.54 Å². The van der Waals surface area contributed by atoms with Crippen LogP contribution in [0.25, 0.3) is 11.3 Å². The maximum atomic E-state index is 12.6. The van der Waals surface area contributed by atoms with Crippen LogP contribution < -0.4 is 0 Å². The molecule has 1 unspecified atom stereocenters. The zero-order valence-electron chi connectivity index (χ0n) is 12.5. The van der Waals surface area contributed by atoms with Crippen molar-refractivity contribution >= 4 is 16.0 Å². The summed E-state index contributed by atoms with van der Waals surface area (Å²) in [5, 5.41) is 9.16. The Morgan fingerprint density at radius 1 is 1.35 bits per heavy atom. The normalized spacial score (nSPS) is 19.1. The number of aromatic nitrogens is 1. The van der Waals surface area contributed by atoms with Crippen LogP contribution in [0.5, 0.6) is 0 Å². The summed E-state index contributed by atoms with van der Waals surface area (Å²) in [6, 6.07) is 5.21. The van der Waals surface area contributed by atoms with Gasteiger partial charge in [-0.15, -0.1) is 0 Å². The first kappa shape index (κ1) is 15.7. The first-order valence-corrected chi connectivity index (χ1v) is 8.61. The number of hydrogen-bond donors (Lipinski definition) is 1. The van der Waals surface area contributed by atoms with E-state index in [2.05, 4.69) is 4.98 Å². The van der Waals surface area contributed by atoms with Crippen LogP contribution in [0.4, 0.5) is 0 Å². The van der Waals surface area contributed by atoms with E-state index >= 15 is 0 Å². The van der Waals surface area contributed by atoms with Crippen molar-refractivity contribution < 1.29 is 22.7 Å². The standard InChI is InChI=1S/C15H16N2O5S/c1-10-16-13(9-22-10)11-4-6-12(7-5-11)23(20,21)17-8-2-3-14(17)15(18)19/h4-7,9,14H,2-3,8H2,1H3,(H,18,19). The van der Waals surface area contributed by atoms with E-state index in [1.807, 2.05) is 0 Å². The topological polar surface area (TPSA) is 101 Å². The molecule has 2 heterocycles. The highest BCUT2D eigenvalue weighted by Gasteiger charge is 2.39. The van der Waals surface area contributed by atoms with Crippen molar-refractivity contribution in [3.05, 3.63) is 36.4 Å². The largest absolute Gasteiger partial charge is 0.480 e. The van der Waals surface area contributed by atoms with Crippen molar-refractivity contribution in [1.82, 2.24) is 9.29 Å². The summed E-state index contributed by atoms with van der Waals surface area (Å²) >= 11 is 0. The van der Waals surface area contributed by atoms with Gasteiger partial charge >= 0.3 is 5.97 Å². The van der Waals surface area contributed by atoms with E-state index in [1.165, 1.54) is 18.4 Å². The second-order valence-corrected chi connectivity index (χ2v) is 7.28.